The van der Waals surface area contributed by atoms with Crippen molar-refractivity contribution in [2.24, 2.45) is 5.92 Å². The lowest BCUT2D eigenvalue weighted by molar-refractivity contribution is -0.140. The van der Waals surface area contributed by atoms with Gasteiger partial charge in [0.1, 0.15) is 6.04 Å². The molecule has 3 nitrogen and oxygen atoms in total. The highest BCUT2D eigenvalue weighted by Gasteiger charge is 2.35. The van der Waals surface area contributed by atoms with E-state index in [1.54, 1.807) is 0 Å². The van der Waals surface area contributed by atoms with E-state index in [9.17, 15) is 9.90 Å². The first-order valence-electron chi connectivity index (χ1n) is 6.52. The largest absolute Gasteiger partial charge is 0.480 e. The van der Waals surface area contributed by atoms with Crippen molar-refractivity contribution in [3.63, 3.8) is 0 Å². The van der Waals surface area contributed by atoms with Gasteiger partial charge in [-0.05, 0) is 56.2 Å². The van der Waals surface area contributed by atoms with Gasteiger partial charge in [-0.25, -0.2) is 0 Å². The number of aliphatic carboxylic acids is 1. The number of carboxylic acids is 1. The van der Waals surface area contributed by atoms with Gasteiger partial charge in [0.05, 0.1) is 0 Å². The molecule has 0 saturated heterocycles. The molecule has 0 aliphatic heterocycles. The van der Waals surface area contributed by atoms with Crippen molar-refractivity contribution in [2.45, 2.75) is 46.2 Å². The Kier molecular flexibility index (Phi) is 3.71. The number of nitrogens with one attached hydrogen (secondary N) is 1. The van der Waals surface area contributed by atoms with Gasteiger partial charge in [0.25, 0.3) is 0 Å². The van der Waals surface area contributed by atoms with Crippen molar-refractivity contribution in [3.05, 3.63) is 34.4 Å². The summed E-state index contributed by atoms with van der Waals surface area (Å²) >= 11 is 0. The number of aryl methyl sites for hydroxylation is 3. The van der Waals surface area contributed by atoms with Gasteiger partial charge in [0.15, 0.2) is 0 Å². The zero-order valence-corrected chi connectivity index (χ0v) is 11.3. The Labute approximate surface area is 108 Å². The molecule has 1 atom stereocenters. The maximum Gasteiger partial charge on any atom is 0.320 e. The predicted molar refractivity (Wildman–Crippen MR) is 71.6 cm³/mol. The minimum absolute atomic E-state index is 0.327. The second-order valence-corrected chi connectivity index (χ2v) is 5.41. The molecular weight excluding hydrogens is 226 g/mol. The molecule has 0 heterocycles. The van der Waals surface area contributed by atoms with Crippen LogP contribution in [0.5, 0.6) is 0 Å². The number of carboxylic acid groups (broad SMARTS) is 1. The Hall–Kier alpha value is -1.35. The molecule has 98 valence electrons. The van der Waals surface area contributed by atoms with Gasteiger partial charge in [0.2, 0.25) is 0 Å². The van der Waals surface area contributed by atoms with Crippen LogP contribution >= 0.6 is 0 Å². The molecule has 0 radical (unpaired) electrons. The molecule has 0 amide bonds. The van der Waals surface area contributed by atoms with Crippen LogP contribution in [0, 0.1) is 26.7 Å². The molecule has 1 saturated carbocycles. The molecule has 2 rings (SSSR count). The van der Waals surface area contributed by atoms with E-state index < -0.39 is 5.97 Å². The molecule has 0 bridgehead atoms. The maximum atomic E-state index is 11.2. The summed E-state index contributed by atoms with van der Waals surface area (Å²) in [5.41, 5.74) is 4.96. The normalized spacial score (nSPS) is 16.6. The molecule has 2 N–H and O–H groups in total. The highest BCUT2D eigenvalue weighted by Crippen LogP contribution is 2.33. The summed E-state index contributed by atoms with van der Waals surface area (Å²) in [6.45, 7) is 6.90. The van der Waals surface area contributed by atoms with E-state index in [-0.39, 0.29) is 6.04 Å². The van der Waals surface area contributed by atoms with Crippen molar-refractivity contribution in [2.75, 3.05) is 0 Å². The third-order valence-electron chi connectivity index (χ3n) is 3.70. The first-order valence-corrected chi connectivity index (χ1v) is 6.52. The van der Waals surface area contributed by atoms with E-state index in [0.29, 0.717) is 12.5 Å². The lowest BCUT2D eigenvalue weighted by Gasteiger charge is -2.17. The van der Waals surface area contributed by atoms with E-state index >= 15 is 0 Å². The third kappa shape index (κ3) is 2.91. The summed E-state index contributed by atoms with van der Waals surface area (Å²) in [6, 6.07) is 3.92. The van der Waals surface area contributed by atoms with E-state index in [4.69, 9.17) is 0 Å². The topological polar surface area (TPSA) is 49.3 Å². The highest BCUT2D eigenvalue weighted by atomic mass is 16.4. The van der Waals surface area contributed by atoms with Crippen molar-refractivity contribution >= 4 is 5.97 Å². The number of hydrogen-bond donors (Lipinski definition) is 2. The number of hydrogen-bond acceptors (Lipinski definition) is 2. The average Bonchev–Trinajstić information content (AvgIpc) is 3.05. The first kappa shape index (κ1) is 13.1. The summed E-state index contributed by atoms with van der Waals surface area (Å²) in [4.78, 5) is 11.2. The molecule has 1 unspecified atom stereocenters. The van der Waals surface area contributed by atoms with Crippen LogP contribution in [-0.4, -0.2) is 17.1 Å². The Balaban J connectivity index is 2.07. The third-order valence-corrected chi connectivity index (χ3v) is 3.70. The number of rotatable bonds is 5. The Morgan fingerprint density at radius 2 is 1.89 bits per heavy atom. The highest BCUT2D eigenvalue weighted by molar-refractivity contribution is 5.74. The van der Waals surface area contributed by atoms with Gasteiger partial charge >= 0.3 is 5.97 Å². The van der Waals surface area contributed by atoms with Gasteiger partial charge in [0, 0.05) is 6.54 Å². The summed E-state index contributed by atoms with van der Waals surface area (Å²) in [6.07, 6.45) is 2.08. The summed E-state index contributed by atoms with van der Waals surface area (Å²) in [5.74, 6) is -0.395. The number of carbonyl (C=O) groups is 1. The van der Waals surface area contributed by atoms with E-state index in [2.05, 4.69) is 38.2 Å². The lowest BCUT2D eigenvalue weighted by atomic mass is 9.99. The fourth-order valence-electron chi connectivity index (χ4n) is 2.59. The lowest BCUT2D eigenvalue weighted by Crippen LogP contribution is -2.38. The fourth-order valence-corrected chi connectivity index (χ4v) is 2.59. The fraction of sp³-hybridized carbons (Fsp3) is 0.533. The second kappa shape index (κ2) is 5.11. The molecule has 1 aromatic carbocycles. The van der Waals surface area contributed by atoms with Crippen LogP contribution in [0.1, 0.15) is 35.1 Å². The van der Waals surface area contributed by atoms with Crippen molar-refractivity contribution in [3.8, 4) is 0 Å². The first-order chi connectivity index (χ1) is 8.49. The van der Waals surface area contributed by atoms with Crippen LogP contribution in [0.2, 0.25) is 0 Å². The molecule has 0 spiro atoms. The zero-order valence-electron chi connectivity index (χ0n) is 11.3. The molecule has 1 fully saturated rings. The zero-order chi connectivity index (χ0) is 13.3. The maximum absolute atomic E-state index is 11.2. The Morgan fingerprint density at radius 1 is 1.33 bits per heavy atom. The van der Waals surface area contributed by atoms with Crippen molar-refractivity contribution in [1.29, 1.82) is 0 Å². The van der Waals surface area contributed by atoms with E-state index in [1.807, 2.05) is 0 Å². The standard InChI is InChI=1S/C15H21NO2/c1-9-6-10(2)13(11(3)7-9)8-16-14(15(17)18)12-4-5-12/h6-7,12,14,16H,4-5,8H2,1-3H3,(H,17,18). The Bertz CT molecular complexity index is 441. The summed E-state index contributed by atoms with van der Waals surface area (Å²) < 4.78 is 0. The molecule has 18 heavy (non-hydrogen) atoms. The monoisotopic (exact) mass is 247 g/mol. The summed E-state index contributed by atoms with van der Waals surface area (Å²) in [7, 11) is 0. The van der Waals surface area contributed by atoms with Crippen LogP contribution in [-0.2, 0) is 11.3 Å². The van der Waals surface area contributed by atoms with Crippen LogP contribution in [0.3, 0.4) is 0 Å². The van der Waals surface area contributed by atoms with E-state index in [1.165, 1.54) is 22.3 Å². The molecular formula is C15H21NO2. The SMILES string of the molecule is Cc1cc(C)c(CNC(C(=O)O)C2CC2)c(C)c1. The van der Waals surface area contributed by atoms with Crippen LogP contribution in [0.15, 0.2) is 12.1 Å². The minimum Gasteiger partial charge on any atom is -0.480 e. The van der Waals surface area contributed by atoms with Crippen LogP contribution < -0.4 is 5.32 Å². The van der Waals surface area contributed by atoms with Gasteiger partial charge in [-0.1, -0.05) is 17.7 Å². The van der Waals surface area contributed by atoms with Crippen molar-refractivity contribution < 1.29 is 9.90 Å². The summed E-state index contributed by atoms with van der Waals surface area (Å²) in [5, 5.41) is 12.4. The molecule has 1 aromatic rings. The van der Waals surface area contributed by atoms with Gasteiger partial charge in [-0.15, -0.1) is 0 Å². The molecule has 3 heteroatoms. The van der Waals surface area contributed by atoms with Gasteiger partial charge < -0.3 is 10.4 Å². The Morgan fingerprint density at radius 3 is 2.33 bits per heavy atom. The number of benzene rings is 1. The smallest absolute Gasteiger partial charge is 0.320 e. The quantitative estimate of drug-likeness (QED) is 0.840. The molecule has 0 aromatic heterocycles. The molecule has 1 aliphatic rings. The van der Waals surface area contributed by atoms with Crippen LogP contribution in [0.4, 0.5) is 0 Å². The van der Waals surface area contributed by atoms with Gasteiger partial charge in [-0.2, -0.15) is 0 Å². The minimum atomic E-state index is -0.722. The molecule has 1 aliphatic carbocycles. The van der Waals surface area contributed by atoms with E-state index in [0.717, 1.165) is 12.8 Å². The predicted octanol–water partition coefficient (Wildman–Crippen LogP) is 2.56. The van der Waals surface area contributed by atoms with Crippen LogP contribution in [0.25, 0.3) is 0 Å². The average molecular weight is 247 g/mol. The van der Waals surface area contributed by atoms with Crippen molar-refractivity contribution in [1.82, 2.24) is 5.32 Å². The second-order valence-electron chi connectivity index (χ2n) is 5.41. The van der Waals surface area contributed by atoms with Gasteiger partial charge in [-0.3, -0.25) is 4.79 Å².